The summed E-state index contributed by atoms with van der Waals surface area (Å²) in [6.45, 7) is 0.171. The molecule has 2 aromatic rings. The Labute approximate surface area is 131 Å². The average Bonchev–Trinajstić information content (AvgIpc) is 2.48. The van der Waals surface area contributed by atoms with Crippen LogP contribution >= 0.6 is 23.2 Å². The van der Waals surface area contributed by atoms with Gasteiger partial charge >= 0.3 is 5.97 Å². The predicted octanol–water partition coefficient (Wildman–Crippen LogP) is 4.28. The molecule has 21 heavy (non-hydrogen) atoms. The number of hydrogen-bond acceptors (Lipinski definition) is 3. The van der Waals surface area contributed by atoms with Gasteiger partial charge in [0.15, 0.2) is 0 Å². The van der Waals surface area contributed by atoms with Crippen LogP contribution in [0.2, 0.25) is 10.0 Å². The largest absolute Gasteiger partial charge is 0.496 e. The Morgan fingerprint density at radius 3 is 2.62 bits per heavy atom. The van der Waals surface area contributed by atoms with Crippen molar-refractivity contribution >= 4 is 29.2 Å². The SMILES string of the molecule is COc1ccc(COc2cccc(Cl)c2Cl)cc1C(=O)O. The van der Waals surface area contributed by atoms with Gasteiger partial charge in [-0.1, -0.05) is 35.3 Å². The van der Waals surface area contributed by atoms with Crippen LogP contribution in [0.4, 0.5) is 0 Å². The topological polar surface area (TPSA) is 55.8 Å². The molecule has 0 saturated carbocycles. The van der Waals surface area contributed by atoms with Gasteiger partial charge in [0, 0.05) is 0 Å². The Kier molecular flexibility index (Phi) is 4.94. The molecule has 0 fully saturated rings. The molecule has 0 unspecified atom stereocenters. The van der Waals surface area contributed by atoms with E-state index in [9.17, 15) is 4.79 Å². The number of carboxylic acids is 1. The first-order valence-electron chi connectivity index (χ1n) is 6.00. The van der Waals surface area contributed by atoms with E-state index in [1.54, 1.807) is 30.3 Å². The molecule has 0 amide bonds. The van der Waals surface area contributed by atoms with Gasteiger partial charge in [-0.2, -0.15) is 0 Å². The van der Waals surface area contributed by atoms with Crippen LogP contribution in [0.1, 0.15) is 15.9 Å². The van der Waals surface area contributed by atoms with E-state index in [2.05, 4.69) is 0 Å². The minimum atomic E-state index is -1.06. The lowest BCUT2D eigenvalue weighted by Crippen LogP contribution is -2.03. The van der Waals surface area contributed by atoms with Crippen molar-refractivity contribution in [3.8, 4) is 11.5 Å². The van der Waals surface area contributed by atoms with Crippen molar-refractivity contribution in [1.82, 2.24) is 0 Å². The first kappa shape index (κ1) is 15.5. The van der Waals surface area contributed by atoms with Gasteiger partial charge in [0.05, 0.1) is 12.1 Å². The van der Waals surface area contributed by atoms with E-state index in [1.807, 2.05) is 0 Å². The molecular formula is C15H12Cl2O4. The second-order valence-corrected chi connectivity index (χ2v) is 4.97. The summed E-state index contributed by atoms with van der Waals surface area (Å²) in [7, 11) is 1.42. The number of carboxylic acid groups (broad SMARTS) is 1. The van der Waals surface area contributed by atoms with E-state index < -0.39 is 5.97 Å². The van der Waals surface area contributed by atoms with E-state index in [0.29, 0.717) is 27.1 Å². The Bertz CT molecular complexity index is 671. The summed E-state index contributed by atoms with van der Waals surface area (Å²) in [5, 5.41) is 9.85. The molecular weight excluding hydrogens is 315 g/mol. The lowest BCUT2D eigenvalue weighted by Gasteiger charge is -2.11. The maximum Gasteiger partial charge on any atom is 0.339 e. The zero-order valence-corrected chi connectivity index (χ0v) is 12.6. The van der Waals surface area contributed by atoms with Crippen molar-refractivity contribution in [2.24, 2.45) is 0 Å². The summed E-state index contributed by atoms with van der Waals surface area (Å²) in [4.78, 5) is 11.1. The van der Waals surface area contributed by atoms with Gasteiger partial charge < -0.3 is 14.6 Å². The summed E-state index contributed by atoms with van der Waals surface area (Å²) in [5.74, 6) is -0.321. The van der Waals surface area contributed by atoms with Gasteiger partial charge in [-0.25, -0.2) is 4.79 Å². The zero-order chi connectivity index (χ0) is 15.4. The molecule has 0 atom stereocenters. The van der Waals surface area contributed by atoms with E-state index in [1.165, 1.54) is 13.2 Å². The minimum Gasteiger partial charge on any atom is -0.496 e. The van der Waals surface area contributed by atoms with Crippen LogP contribution in [0, 0.1) is 0 Å². The first-order chi connectivity index (χ1) is 10.0. The molecule has 0 radical (unpaired) electrons. The zero-order valence-electron chi connectivity index (χ0n) is 11.1. The second kappa shape index (κ2) is 6.70. The number of aromatic carboxylic acids is 1. The van der Waals surface area contributed by atoms with Crippen LogP contribution in [0.3, 0.4) is 0 Å². The number of methoxy groups -OCH3 is 1. The predicted molar refractivity (Wildman–Crippen MR) is 80.7 cm³/mol. The molecule has 110 valence electrons. The third kappa shape index (κ3) is 3.60. The number of benzene rings is 2. The molecule has 2 aromatic carbocycles. The summed E-state index contributed by atoms with van der Waals surface area (Å²) >= 11 is 11.9. The van der Waals surface area contributed by atoms with Gasteiger partial charge in [-0.15, -0.1) is 0 Å². The molecule has 0 aliphatic carbocycles. The van der Waals surface area contributed by atoms with Gasteiger partial charge in [0.2, 0.25) is 0 Å². The summed E-state index contributed by atoms with van der Waals surface area (Å²) < 4.78 is 10.6. The van der Waals surface area contributed by atoms with E-state index in [-0.39, 0.29) is 12.2 Å². The van der Waals surface area contributed by atoms with Crippen LogP contribution in [0.15, 0.2) is 36.4 Å². The highest BCUT2D eigenvalue weighted by molar-refractivity contribution is 6.42. The van der Waals surface area contributed by atoms with Gasteiger partial charge in [0.25, 0.3) is 0 Å². The van der Waals surface area contributed by atoms with Crippen molar-refractivity contribution in [1.29, 1.82) is 0 Å². The number of carbonyl (C=O) groups is 1. The molecule has 0 spiro atoms. The minimum absolute atomic E-state index is 0.0794. The normalized spacial score (nSPS) is 10.2. The van der Waals surface area contributed by atoms with Crippen LogP contribution in [0.25, 0.3) is 0 Å². The lowest BCUT2D eigenvalue weighted by atomic mass is 10.1. The molecule has 1 N–H and O–H groups in total. The number of rotatable bonds is 5. The number of ether oxygens (including phenoxy) is 2. The van der Waals surface area contributed by atoms with Crippen molar-refractivity contribution < 1.29 is 19.4 Å². The van der Waals surface area contributed by atoms with Crippen molar-refractivity contribution in [2.45, 2.75) is 6.61 Å². The Balaban J connectivity index is 2.19. The molecule has 6 heteroatoms. The molecule has 0 heterocycles. The fraction of sp³-hybridized carbons (Fsp3) is 0.133. The molecule has 0 aromatic heterocycles. The highest BCUT2D eigenvalue weighted by Crippen LogP contribution is 2.32. The molecule has 0 aliphatic rings. The van der Waals surface area contributed by atoms with Crippen LogP contribution in [-0.2, 0) is 6.61 Å². The second-order valence-electron chi connectivity index (χ2n) is 4.18. The van der Waals surface area contributed by atoms with E-state index >= 15 is 0 Å². The Morgan fingerprint density at radius 2 is 1.95 bits per heavy atom. The van der Waals surface area contributed by atoms with Crippen LogP contribution in [-0.4, -0.2) is 18.2 Å². The van der Waals surface area contributed by atoms with Gasteiger partial charge in [-0.3, -0.25) is 0 Å². The molecule has 2 rings (SSSR count). The first-order valence-corrected chi connectivity index (χ1v) is 6.75. The molecule has 0 saturated heterocycles. The average molecular weight is 327 g/mol. The van der Waals surface area contributed by atoms with E-state index in [0.717, 1.165) is 0 Å². The standard InChI is InChI=1S/C15H12Cl2O4/c1-20-12-6-5-9(7-10(12)15(18)19)8-21-13-4-2-3-11(16)14(13)17/h2-7H,8H2,1H3,(H,18,19). The summed E-state index contributed by atoms with van der Waals surface area (Å²) in [6, 6.07) is 9.88. The smallest absolute Gasteiger partial charge is 0.339 e. The van der Waals surface area contributed by atoms with Gasteiger partial charge in [0.1, 0.15) is 28.7 Å². The Hall–Kier alpha value is -1.91. The third-order valence-corrected chi connectivity index (χ3v) is 3.61. The van der Waals surface area contributed by atoms with Crippen LogP contribution in [0.5, 0.6) is 11.5 Å². The maximum atomic E-state index is 11.1. The Morgan fingerprint density at radius 1 is 1.19 bits per heavy atom. The summed E-state index contributed by atoms with van der Waals surface area (Å²) in [6.07, 6.45) is 0. The highest BCUT2D eigenvalue weighted by Gasteiger charge is 2.12. The van der Waals surface area contributed by atoms with Crippen LogP contribution < -0.4 is 9.47 Å². The van der Waals surface area contributed by atoms with Crippen molar-refractivity contribution in [3.05, 3.63) is 57.6 Å². The fourth-order valence-electron chi connectivity index (χ4n) is 1.77. The quantitative estimate of drug-likeness (QED) is 0.890. The monoisotopic (exact) mass is 326 g/mol. The highest BCUT2D eigenvalue weighted by atomic mass is 35.5. The molecule has 0 bridgehead atoms. The third-order valence-electron chi connectivity index (χ3n) is 2.80. The molecule has 0 aliphatic heterocycles. The van der Waals surface area contributed by atoms with E-state index in [4.69, 9.17) is 37.8 Å². The summed E-state index contributed by atoms with van der Waals surface area (Å²) in [5.41, 5.74) is 0.764. The maximum absolute atomic E-state index is 11.1. The van der Waals surface area contributed by atoms with Crippen molar-refractivity contribution in [3.63, 3.8) is 0 Å². The molecule has 4 nitrogen and oxygen atoms in total. The van der Waals surface area contributed by atoms with Crippen molar-refractivity contribution in [2.75, 3.05) is 7.11 Å². The number of halogens is 2. The van der Waals surface area contributed by atoms with Gasteiger partial charge in [-0.05, 0) is 29.8 Å². The lowest BCUT2D eigenvalue weighted by molar-refractivity contribution is 0.0693. The number of hydrogen-bond donors (Lipinski definition) is 1. The fourth-order valence-corrected chi connectivity index (χ4v) is 2.12.